The minimum Gasteiger partial charge on any atom is -0.496 e. The molecule has 0 aliphatic carbocycles. The smallest absolute Gasteiger partial charge is 0.270 e. The van der Waals surface area contributed by atoms with E-state index in [9.17, 15) is 14.4 Å². The van der Waals surface area contributed by atoms with E-state index in [1.807, 2.05) is 28.8 Å². The molecule has 1 saturated heterocycles. The first-order valence-corrected chi connectivity index (χ1v) is 12.5. The zero-order valence-electron chi connectivity index (χ0n) is 19.7. The maximum Gasteiger partial charge on any atom is 0.270 e. The summed E-state index contributed by atoms with van der Waals surface area (Å²) in [5, 5.41) is 2.81. The van der Waals surface area contributed by atoms with Gasteiger partial charge >= 0.3 is 0 Å². The molecule has 2 bridgehead atoms. The average Bonchev–Trinajstić information content (AvgIpc) is 2.88. The van der Waals surface area contributed by atoms with Crippen molar-refractivity contribution in [1.82, 2.24) is 19.8 Å². The van der Waals surface area contributed by atoms with Crippen molar-refractivity contribution in [3.63, 3.8) is 0 Å². The third-order valence-corrected chi connectivity index (χ3v) is 7.09. The maximum absolute atomic E-state index is 13.9. The van der Waals surface area contributed by atoms with E-state index in [1.54, 1.807) is 48.5 Å². The monoisotopic (exact) mass is 548 g/mol. The molecule has 5 rings (SSSR count). The van der Waals surface area contributed by atoms with E-state index in [0.29, 0.717) is 41.0 Å². The summed E-state index contributed by atoms with van der Waals surface area (Å²) in [4.78, 5) is 45.1. The summed E-state index contributed by atoms with van der Waals surface area (Å²) >= 11 is 3.33. The van der Waals surface area contributed by atoms with Crippen molar-refractivity contribution in [3.8, 4) is 5.75 Å². The number of hydrogen-bond acceptors (Lipinski definition) is 5. The van der Waals surface area contributed by atoms with E-state index in [4.69, 9.17) is 4.74 Å². The Hall–Kier alpha value is -3.72. The Balaban J connectivity index is 1.47. The molecule has 0 spiro atoms. The number of halogens is 1. The fourth-order valence-electron chi connectivity index (χ4n) is 5.06. The van der Waals surface area contributed by atoms with E-state index < -0.39 is 5.91 Å². The van der Waals surface area contributed by atoms with Crippen LogP contribution in [0.4, 0.5) is 0 Å². The van der Waals surface area contributed by atoms with Gasteiger partial charge in [-0.15, -0.1) is 0 Å². The van der Waals surface area contributed by atoms with Crippen LogP contribution in [0, 0.1) is 5.92 Å². The summed E-state index contributed by atoms with van der Waals surface area (Å²) < 4.78 is 7.95. The third kappa shape index (κ3) is 4.83. The molecule has 2 aromatic heterocycles. The molecule has 184 valence electrons. The van der Waals surface area contributed by atoms with Crippen LogP contribution in [0.15, 0.2) is 75.9 Å². The van der Waals surface area contributed by atoms with Crippen molar-refractivity contribution in [3.05, 3.63) is 98.3 Å². The van der Waals surface area contributed by atoms with Gasteiger partial charge < -0.3 is 19.5 Å². The Labute approximate surface area is 216 Å². The zero-order valence-corrected chi connectivity index (χ0v) is 21.3. The van der Waals surface area contributed by atoms with E-state index in [1.165, 1.54) is 6.20 Å². The van der Waals surface area contributed by atoms with E-state index in [2.05, 4.69) is 26.2 Å². The first-order chi connectivity index (χ1) is 17.4. The number of carbonyl (C=O) groups is 2. The average molecular weight is 549 g/mol. The SMILES string of the molecule is COc1ccccc1/C=C(\NC(=O)c1cncc(Br)c1)C(=O)N1CC2CC(C1)c1cccc(=O)n1C2. The van der Waals surface area contributed by atoms with Crippen LogP contribution in [-0.2, 0) is 11.3 Å². The number of piperidine rings is 1. The highest BCUT2D eigenvalue weighted by Crippen LogP contribution is 2.35. The molecule has 9 heteroatoms. The number of pyridine rings is 2. The number of hydrogen-bond donors (Lipinski definition) is 1. The number of benzene rings is 1. The highest BCUT2D eigenvalue weighted by molar-refractivity contribution is 9.10. The van der Waals surface area contributed by atoms with Crippen LogP contribution in [-0.4, -0.2) is 46.5 Å². The summed E-state index contributed by atoms with van der Waals surface area (Å²) in [7, 11) is 1.56. The van der Waals surface area contributed by atoms with Crippen LogP contribution < -0.4 is 15.6 Å². The Morgan fingerprint density at radius 1 is 1.11 bits per heavy atom. The molecule has 2 atom stereocenters. The molecule has 0 radical (unpaired) electrons. The van der Waals surface area contributed by atoms with Crippen LogP contribution in [0.25, 0.3) is 6.08 Å². The van der Waals surface area contributed by atoms with Gasteiger partial charge in [0.1, 0.15) is 11.4 Å². The number of nitrogens with zero attached hydrogens (tertiary/aromatic N) is 3. The van der Waals surface area contributed by atoms with Crippen LogP contribution in [0.5, 0.6) is 5.75 Å². The van der Waals surface area contributed by atoms with Crippen molar-refractivity contribution in [2.45, 2.75) is 18.9 Å². The number of likely N-dealkylation sites (tertiary alicyclic amines) is 1. The summed E-state index contributed by atoms with van der Waals surface area (Å²) in [5.41, 5.74) is 2.09. The quantitative estimate of drug-likeness (QED) is 0.493. The molecule has 2 aliphatic heterocycles. The van der Waals surface area contributed by atoms with Gasteiger partial charge in [0.15, 0.2) is 0 Å². The standard InChI is InChI=1S/C27H25BrN4O4/c1-36-24-7-3-2-5-18(24)11-22(30-26(34)19-10-21(28)13-29-12-19)27(35)31-14-17-9-20(16-31)23-6-4-8-25(33)32(23)15-17/h2-8,10-13,17,20H,9,14-16H2,1H3,(H,30,34)/b22-11-. The molecule has 36 heavy (non-hydrogen) atoms. The van der Waals surface area contributed by atoms with Gasteiger partial charge in [-0.3, -0.25) is 19.4 Å². The molecular formula is C27H25BrN4O4. The lowest BCUT2D eigenvalue weighted by atomic mass is 9.83. The number of nitrogens with one attached hydrogen (secondary N) is 1. The van der Waals surface area contributed by atoms with Gasteiger partial charge in [0.25, 0.3) is 17.4 Å². The van der Waals surface area contributed by atoms with Crippen LogP contribution in [0.2, 0.25) is 0 Å². The van der Waals surface area contributed by atoms with Crippen molar-refractivity contribution >= 4 is 33.8 Å². The van der Waals surface area contributed by atoms with Crippen LogP contribution >= 0.6 is 15.9 Å². The zero-order chi connectivity index (χ0) is 25.2. The summed E-state index contributed by atoms with van der Waals surface area (Å²) in [6.07, 6.45) is 5.61. The normalized spacial score (nSPS) is 18.8. The lowest BCUT2D eigenvalue weighted by Gasteiger charge is -2.43. The van der Waals surface area contributed by atoms with Gasteiger partial charge in [-0.05, 0) is 52.5 Å². The summed E-state index contributed by atoms with van der Waals surface area (Å²) in [5.74, 6) is 0.0988. The van der Waals surface area contributed by atoms with Crippen molar-refractivity contribution < 1.29 is 14.3 Å². The first kappa shape index (κ1) is 24.0. The van der Waals surface area contributed by atoms with Crippen molar-refractivity contribution in [2.75, 3.05) is 20.2 Å². The molecule has 1 N–H and O–H groups in total. The molecule has 4 heterocycles. The highest BCUT2D eigenvalue weighted by atomic mass is 79.9. The number of methoxy groups -OCH3 is 1. The van der Waals surface area contributed by atoms with Gasteiger partial charge in [-0.1, -0.05) is 24.3 Å². The number of carbonyl (C=O) groups excluding carboxylic acids is 2. The fraction of sp³-hybridized carbons (Fsp3) is 0.259. The molecule has 2 unspecified atom stereocenters. The highest BCUT2D eigenvalue weighted by Gasteiger charge is 2.37. The Kier molecular flexibility index (Phi) is 6.73. The van der Waals surface area contributed by atoms with Crippen molar-refractivity contribution in [2.24, 2.45) is 5.92 Å². The molecule has 1 fully saturated rings. The number of aromatic nitrogens is 2. The lowest BCUT2D eigenvalue weighted by molar-refractivity contribution is -0.130. The maximum atomic E-state index is 13.9. The fourth-order valence-corrected chi connectivity index (χ4v) is 5.42. The molecule has 8 nitrogen and oxygen atoms in total. The predicted octanol–water partition coefficient (Wildman–Crippen LogP) is 3.43. The molecule has 0 saturated carbocycles. The lowest BCUT2D eigenvalue weighted by Crippen LogP contribution is -2.50. The topological polar surface area (TPSA) is 93.5 Å². The number of para-hydroxylation sites is 1. The van der Waals surface area contributed by atoms with Crippen molar-refractivity contribution in [1.29, 1.82) is 0 Å². The van der Waals surface area contributed by atoms with Gasteiger partial charge in [-0.2, -0.15) is 0 Å². The van der Waals surface area contributed by atoms with E-state index in [0.717, 1.165) is 12.1 Å². The van der Waals surface area contributed by atoms with Gasteiger partial charge in [0.05, 0.1) is 12.7 Å². The largest absolute Gasteiger partial charge is 0.496 e. The minimum absolute atomic E-state index is 0.00590. The Bertz CT molecular complexity index is 1420. The molecular weight excluding hydrogens is 524 g/mol. The third-order valence-electron chi connectivity index (χ3n) is 6.65. The number of ether oxygens (including phenoxy) is 1. The second-order valence-corrected chi connectivity index (χ2v) is 9.97. The molecule has 2 aliphatic rings. The van der Waals surface area contributed by atoms with E-state index in [-0.39, 0.29) is 29.0 Å². The van der Waals surface area contributed by atoms with Crippen LogP contribution in [0.1, 0.15) is 34.0 Å². The Morgan fingerprint density at radius 3 is 2.75 bits per heavy atom. The van der Waals surface area contributed by atoms with Gasteiger partial charge in [0.2, 0.25) is 0 Å². The second-order valence-electron chi connectivity index (χ2n) is 9.05. The predicted molar refractivity (Wildman–Crippen MR) is 139 cm³/mol. The number of amides is 2. The number of fused-ring (bicyclic) bond motifs is 4. The van der Waals surface area contributed by atoms with Crippen LogP contribution in [0.3, 0.4) is 0 Å². The Morgan fingerprint density at radius 2 is 1.94 bits per heavy atom. The first-order valence-electron chi connectivity index (χ1n) is 11.7. The van der Waals surface area contributed by atoms with Gasteiger partial charge in [-0.25, -0.2) is 0 Å². The van der Waals surface area contributed by atoms with Gasteiger partial charge in [0, 0.05) is 59.7 Å². The van der Waals surface area contributed by atoms with E-state index >= 15 is 0 Å². The summed E-state index contributed by atoms with van der Waals surface area (Å²) in [6, 6.07) is 14.3. The second kappa shape index (κ2) is 10.1. The summed E-state index contributed by atoms with van der Waals surface area (Å²) in [6.45, 7) is 1.56. The molecule has 1 aromatic carbocycles. The molecule has 3 aromatic rings. The number of rotatable bonds is 5. The molecule has 2 amide bonds. The minimum atomic E-state index is -0.438.